The SMILES string of the molecule is O=C(O)CCCCCCCCCCSSc1[c]nccc1. The summed E-state index contributed by atoms with van der Waals surface area (Å²) < 4.78 is 0. The maximum Gasteiger partial charge on any atom is 0.303 e. The molecule has 21 heavy (non-hydrogen) atoms. The predicted octanol–water partition coefficient (Wildman–Crippen LogP) is 5.22. The molecule has 1 aromatic rings. The van der Waals surface area contributed by atoms with Crippen LogP contribution in [0.4, 0.5) is 0 Å². The molecule has 0 aliphatic rings. The van der Waals surface area contributed by atoms with Crippen molar-refractivity contribution in [2.75, 3.05) is 5.75 Å². The Kier molecular flexibility index (Phi) is 11.4. The van der Waals surface area contributed by atoms with Crippen LogP contribution in [0.5, 0.6) is 0 Å². The van der Waals surface area contributed by atoms with Gasteiger partial charge in [0.05, 0.1) is 0 Å². The van der Waals surface area contributed by atoms with E-state index in [0.717, 1.165) is 17.7 Å². The summed E-state index contributed by atoms with van der Waals surface area (Å²) in [4.78, 5) is 15.4. The average Bonchev–Trinajstić information content (AvgIpc) is 2.49. The standard InChI is InChI=1S/C16H24NO2S2/c18-16(19)11-7-5-3-1-2-4-6-8-13-20-21-15-10-9-12-17-14-15/h9-10,12H,1-8,11,13H2,(H,18,19). The van der Waals surface area contributed by atoms with Crippen molar-refractivity contribution in [2.24, 2.45) is 0 Å². The van der Waals surface area contributed by atoms with E-state index >= 15 is 0 Å². The van der Waals surface area contributed by atoms with E-state index in [1.165, 1.54) is 44.3 Å². The molecule has 3 nitrogen and oxygen atoms in total. The van der Waals surface area contributed by atoms with E-state index in [1.54, 1.807) is 17.0 Å². The number of hydrogen-bond acceptors (Lipinski definition) is 4. The van der Waals surface area contributed by atoms with E-state index in [0.29, 0.717) is 6.42 Å². The topological polar surface area (TPSA) is 50.2 Å². The lowest BCUT2D eigenvalue weighted by Crippen LogP contribution is -1.93. The Hall–Kier alpha value is -0.680. The van der Waals surface area contributed by atoms with E-state index in [9.17, 15) is 4.79 Å². The minimum Gasteiger partial charge on any atom is -0.481 e. The molecular formula is C16H24NO2S2. The van der Waals surface area contributed by atoms with Crippen LogP contribution in [0.2, 0.25) is 0 Å². The van der Waals surface area contributed by atoms with Gasteiger partial charge in [-0.05, 0) is 25.0 Å². The van der Waals surface area contributed by atoms with Crippen LogP contribution in [0.1, 0.15) is 57.8 Å². The van der Waals surface area contributed by atoms with Gasteiger partial charge in [-0.3, -0.25) is 9.78 Å². The molecule has 0 spiro atoms. The Labute approximate surface area is 135 Å². The van der Waals surface area contributed by atoms with Gasteiger partial charge < -0.3 is 5.11 Å². The fourth-order valence-corrected chi connectivity index (χ4v) is 3.98. The molecule has 1 heterocycles. The lowest BCUT2D eigenvalue weighted by atomic mass is 10.1. The molecule has 5 heteroatoms. The third-order valence-electron chi connectivity index (χ3n) is 3.10. The molecule has 1 N–H and O–H groups in total. The Balaban J connectivity index is 1.78. The molecule has 0 bridgehead atoms. The summed E-state index contributed by atoms with van der Waals surface area (Å²) in [6.07, 6.45) is 14.5. The summed E-state index contributed by atoms with van der Waals surface area (Å²) in [7, 11) is 3.62. The van der Waals surface area contributed by atoms with E-state index in [-0.39, 0.29) is 0 Å². The second kappa shape index (κ2) is 13.0. The minimum absolute atomic E-state index is 0.323. The zero-order chi connectivity index (χ0) is 15.2. The van der Waals surface area contributed by atoms with Crippen molar-refractivity contribution in [2.45, 2.75) is 62.7 Å². The molecule has 1 aromatic heterocycles. The maximum atomic E-state index is 10.3. The van der Waals surface area contributed by atoms with Gasteiger partial charge in [0.2, 0.25) is 0 Å². The number of nitrogens with zero attached hydrogens (tertiary/aromatic N) is 1. The number of carboxylic acids is 1. The highest BCUT2D eigenvalue weighted by Crippen LogP contribution is 2.30. The van der Waals surface area contributed by atoms with Crippen LogP contribution in [0, 0.1) is 6.20 Å². The smallest absolute Gasteiger partial charge is 0.303 e. The molecule has 0 saturated heterocycles. The van der Waals surface area contributed by atoms with E-state index in [1.807, 2.05) is 22.9 Å². The van der Waals surface area contributed by atoms with Gasteiger partial charge in [-0.25, -0.2) is 0 Å². The largest absolute Gasteiger partial charge is 0.481 e. The molecule has 0 aliphatic heterocycles. The number of aliphatic carboxylic acids is 1. The van der Waals surface area contributed by atoms with Gasteiger partial charge in [0.15, 0.2) is 0 Å². The number of pyridine rings is 1. The maximum absolute atomic E-state index is 10.3. The van der Waals surface area contributed by atoms with Crippen molar-refractivity contribution in [3.63, 3.8) is 0 Å². The molecule has 1 radical (unpaired) electrons. The molecule has 0 unspecified atom stereocenters. The molecule has 0 aromatic carbocycles. The molecule has 117 valence electrons. The number of hydrogen-bond donors (Lipinski definition) is 1. The van der Waals surface area contributed by atoms with Crippen LogP contribution in [0.3, 0.4) is 0 Å². The molecule has 0 atom stereocenters. The van der Waals surface area contributed by atoms with Crippen molar-refractivity contribution in [3.8, 4) is 0 Å². The monoisotopic (exact) mass is 326 g/mol. The molecule has 0 fully saturated rings. The minimum atomic E-state index is -0.672. The Morgan fingerprint density at radius 2 is 1.76 bits per heavy atom. The summed E-state index contributed by atoms with van der Waals surface area (Å²) >= 11 is 0. The fourth-order valence-electron chi connectivity index (χ4n) is 1.96. The van der Waals surface area contributed by atoms with Crippen LogP contribution in [0.25, 0.3) is 0 Å². The van der Waals surface area contributed by atoms with Crippen molar-refractivity contribution in [1.82, 2.24) is 4.98 Å². The third kappa shape index (κ3) is 11.6. The van der Waals surface area contributed by atoms with Gasteiger partial charge in [0.1, 0.15) is 6.20 Å². The van der Waals surface area contributed by atoms with Crippen LogP contribution in [0.15, 0.2) is 23.2 Å². The van der Waals surface area contributed by atoms with Gasteiger partial charge >= 0.3 is 5.97 Å². The molecule has 0 aliphatic carbocycles. The predicted molar refractivity (Wildman–Crippen MR) is 90.6 cm³/mol. The van der Waals surface area contributed by atoms with Crippen LogP contribution in [-0.2, 0) is 4.79 Å². The number of carboxylic acid groups (broad SMARTS) is 1. The number of carbonyl (C=O) groups is 1. The van der Waals surface area contributed by atoms with Gasteiger partial charge in [-0.15, -0.1) is 0 Å². The quantitative estimate of drug-likeness (QED) is 0.398. The highest BCUT2D eigenvalue weighted by molar-refractivity contribution is 8.76. The van der Waals surface area contributed by atoms with Gasteiger partial charge in [0.25, 0.3) is 0 Å². The Morgan fingerprint density at radius 3 is 2.38 bits per heavy atom. The summed E-state index contributed by atoms with van der Waals surface area (Å²) in [5.41, 5.74) is 0. The first kappa shape index (κ1) is 18.4. The van der Waals surface area contributed by atoms with Crippen molar-refractivity contribution < 1.29 is 9.90 Å². The lowest BCUT2D eigenvalue weighted by Gasteiger charge is -2.02. The van der Waals surface area contributed by atoms with Crippen molar-refractivity contribution in [3.05, 3.63) is 24.5 Å². The van der Waals surface area contributed by atoms with Gasteiger partial charge in [-0.2, -0.15) is 0 Å². The van der Waals surface area contributed by atoms with E-state index in [4.69, 9.17) is 5.11 Å². The summed E-state index contributed by atoms with van der Waals surface area (Å²) in [5.74, 6) is 0.501. The fraction of sp³-hybridized carbons (Fsp3) is 0.625. The Bertz CT molecular complexity index is 374. The summed E-state index contributed by atoms with van der Waals surface area (Å²) in [5, 5.41) is 8.52. The second-order valence-electron chi connectivity index (χ2n) is 4.99. The van der Waals surface area contributed by atoms with Crippen LogP contribution >= 0.6 is 21.6 Å². The zero-order valence-electron chi connectivity index (χ0n) is 12.4. The first-order valence-corrected chi connectivity index (χ1v) is 9.95. The van der Waals surface area contributed by atoms with E-state index in [2.05, 4.69) is 11.2 Å². The first-order valence-electron chi connectivity index (χ1n) is 7.63. The molecule has 0 amide bonds. The molecule has 1 rings (SSSR count). The normalized spacial score (nSPS) is 10.7. The zero-order valence-corrected chi connectivity index (χ0v) is 14.1. The number of aromatic nitrogens is 1. The first-order chi connectivity index (χ1) is 10.3. The van der Waals surface area contributed by atoms with Crippen LogP contribution < -0.4 is 0 Å². The average molecular weight is 327 g/mol. The van der Waals surface area contributed by atoms with Crippen molar-refractivity contribution in [1.29, 1.82) is 0 Å². The second-order valence-corrected chi connectivity index (χ2v) is 7.45. The highest BCUT2D eigenvalue weighted by Gasteiger charge is 1.97. The van der Waals surface area contributed by atoms with Gasteiger partial charge in [-0.1, -0.05) is 60.1 Å². The van der Waals surface area contributed by atoms with Crippen LogP contribution in [-0.4, -0.2) is 21.8 Å². The number of rotatable bonds is 13. The number of unbranched alkanes of at least 4 members (excludes halogenated alkanes) is 7. The third-order valence-corrected chi connectivity index (χ3v) is 5.47. The van der Waals surface area contributed by atoms with Crippen molar-refractivity contribution >= 4 is 27.6 Å². The van der Waals surface area contributed by atoms with Gasteiger partial charge in [0, 0.05) is 23.3 Å². The summed E-state index contributed by atoms with van der Waals surface area (Å²) in [6.45, 7) is 0. The van der Waals surface area contributed by atoms with E-state index < -0.39 is 5.97 Å². The molecular weight excluding hydrogens is 302 g/mol. The summed E-state index contributed by atoms with van der Waals surface area (Å²) in [6, 6.07) is 3.98. The Morgan fingerprint density at radius 1 is 1.10 bits per heavy atom. The lowest BCUT2D eigenvalue weighted by molar-refractivity contribution is -0.137. The molecule has 0 saturated carbocycles. The highest BCUT2D eigenvalue weighted by atomic mass is 33.1.